The van der Waals surface area contributed by atoms with Crippen molar-refractivity contribution < 1.29 is 9.53 Å². The normalized spacial score (nSPS) is 42.5. The van der Waals surface area contributed by atoms with Crippen molar-refractivity contribution in [1.29, 1.82) is 0 Å². The molecule has 2 aliphatic heterocycles. The molecule has 0 radical (unpaired) electrons. The third-order valence-corrected chi connectivity index (χ3v) is 6.34. The maximum absolute atomic E-state index is 13.2. The van der Waals surface area contributed by atoms with Crippen LogP contribution in [0.15, 0.2) is 0 Å². The Morgan fingerprint density at radius 2 is 2.10 bits per heavy atom. The number of carbonyl (C=O) groups is 1. The van der Waals surface area contributed by atoms with Crippen LogP contribution in [0.25, 0.3) is 0 Å². The molecule has 21 heavy (non-hydrogen) atoms. The molecule has 0 bridgehead atoms. The second kappa shape index (κ2) is 4.93. The van der Waals surface area contributed by atoms with Crippen molar-refractivity contribution in [1.82, 2.24) is 9.80 Å². The van der Waals surface area contributed by atoms with Gasteiger partial charge in [-0.25, -0.2) is 0 Å². The van der Waals surface area contributed by atoms with E-state index in [0.29, 0.717) is 6.04 Å². The van der Waals surface area contributed by atoms with Crippen LogP contribution >= 0.6 is 0 Å². The van der Waals surface area contributed by atoms with Gasteiger partial charge in [0.15, 0.2) is 0 Å². The molecule has 1 amide bonds. The highest BCUT2D eigenvalue weighted by Gasteiger charge is 2.72. The van der Waals surface area contributed by atoms with E-state index in [0.717, 1.165) is 39.1 Å². The van der Waals surface area contributed by atoms with Crippen molar-refractivity contribution in [2.45, 2.75) is 51.3 Å². The summed E-state index contributed by atoms with van der Waals surface area (Å²) in [6, 6.07) is 0.449. The van der Waals surface area contributed by atoms with E-state index in [2.05, 4.69) is 32.7 Å². The fraction of sp³-hybridized carbons (Fsp3) is 0.938. The molecule has 1 aliphatic carbocycles. The Balaban J connectivity index is 1.79. The topological polar surface area (TPSA) is 58.8 Å². The molecule has 5 nitrogen and oxygen atoms in total. The van der Waals surface area contributed by atoms with E-state index < -0.39 is 5.54 Å². The van der Waals surface area contributed by atoms with Gasteiger partial charge in [0.1, 0.15) is 5.54 Å². The fourth-order valence-corrected chi connectivity index (χ4v) is 4.65. The van der Waals surface area contributed by atoms with Gasteiger partial charge < -0.3 is 15.4 Å². The van der Waals surface area contributed by atoms with Crippen LogP contribution in [0.2, 0.25) is 0 Å². The number of carbonyl (C=O) groups excluding carboxylic acids is 1. The lowest BCUT2D eigenvalue weighted by Crippen LogP contribution is -2.81. The molecular formula is C16H29N3O2. The van der Waals surface area contributed by atoms with Gasteiger partial charge in [-0.2, -0.15) is 0 Å². The zero-order valence-corrected chi connectivity index (χ0v) is 13.8. The highest BCUT2D eigenvalue weighted by molar-refractivity contribution is 5.89. The number of rotatable bonds is 2. The number of fused-ring (bicyclic) bond motifs is 1. The lowest BCUT2D eigenvalue weighted by molar-refractivity contribution is -0.186. The molecule has 0 aromatic rings. The molecule has 5 heteroatoms. The Morgan fingerprint density at radius 1 is 1.38 bits per heavy atom. The van der Waals surface area contributed by atoms with Gasteiger partial charge in [-0.3, -0.25) is 9.69 Å². The first-order valence-electron chi connectivity index (χ1n) is 8.24. The predicted molar refractivity (Wildman–Crippen MR) is 81.8 cm³/mol. The molecule has 2 saturated heterocycles. The van der Waals surface area contributed by atoms with Crippen molar-refractivity contribution >= 4 is 5.91 Å². The number of hydrogen-bond acceptors (Lipinski definition) is 4. The van der Waals surface area contributed by atoms with Crippen molar-refractivity contribution in [3.05, 3.63) is 0 Å². The number of hydrogen-bond donors (Lipinski definition) is 1. The minimum Gasteiger partial charge on any atom is -0.377 e. The van der Waals surface area contributed by atoms with Gasteiger partial charge in [-0.1, -0.05) is 20.8 Å². The molecule has 3 fully saturated rings. The minimum absolute atomic E-state index is 0.144. The highest BCUT2D eigenvalue weighted by atomic mass is 16.5. The zero-order valence-electron chi connectivity index (χ0n) is 13.8. The monoisotopic (exact) mass is 295 g/mol. The van der Waals surface area contributed by atoms with Crippen LogP contribution in [-0.4, -0.2) is 66.7 Å². The quantitative estimate of drug-likeness (QED) is 0.814. The summed E-state index contributed by atoms with van der Waals surface area (Å²) < 4.78 is 5.80. The molecule has 4 atom stereocenters. The summed E-state index contributed by atoms with van der Waals surface area (Å²) in [6.07, 6.45) is 2.14. The van der Waals surface area contributed by atoms with Gasteiger partial charge in [0.25, 0.3) is 0 Å². The smallest absolute Gasteiger partial charge is 0.243 e. The predicted octanol–water partition coefficient (Wildman–Crippen LogP) is 0.681. The first-order valence-corrected chi connectivity index (χ1v) is 8.24. The van der Waals surface area contributed by atoms with E-state index in [1.54, 1.807) is 0 Å². The van der Waals surface area contributed by atoms with Crippen LogP contribution in [0.5, 0.6) is 0 Å². The first-order chi connectivity index (χ1) is 9.84. The molecule has 0 spiro atoms. The Kier molecular flexibility index (Phi) is 3.58. The van der Waals surface area contributed by atoms with Crippen LogP contribution < -0.4 is 5.73 Å². The lowest BCUT2D eigenvalue weighted by atomic mass is 9.47. The summed E-state index contributed by atoms with van der Waals surface area (Å²) in [5.74, 6) is 0.338. The van der Waals surface area contributed by atoms with Gasteiger partial charge >= 0.3 is 0 Å². The maximum Gasteiger partial charge on any atom is 0.243 e. The third-order valence-electron chi connectivity index (χ3n) is 6.34. The molecule has 3 rings (SSSR count). The summed E-state index contributed by atoms with van der Waals surface area (Å²) >= 11 is 0. The Labute approximate surface area is 127 Å². The van der Waals surface area contributed by atoms with E-state index in [4.69, 9.17) is 10.5 Å². The molecule has 2 N–H and O–H groups in total. The number of ether oxygens (including phenoxy) is 1. The lowest BCUT2D eigenvalue weighted by Gasteiger charge is -2.62. The van der Waals surface area contributed by atoms with E-state index in [-0.39, 0.29) is 23.3 Å². The molecule has 1 saturated carbocycles. The second-order valence-corrected chi connectivity index (χ2v) is 7.57. The van der Waals surface area contributed by atoms with E-state index in [9.17, 15) is 4.79 Å². The summed E-state index contributed by atoms with van der Waals surface area (Å²) in [5.41, 5.74) is 5.66. The van der Waals surface area contributed by atoms with E-state index >= 15 is 0 Å². The molecule has 0 aromatic carbocycles. The molecular weight excluding hydrogens is 266 g/mol. The summed E-state index contributed by atoms with van der Waals surface area (Å²) in [7, 11) is 2.14. The van der Waals surface area contributed by atoms with Crippen molar-refractivity contribution in [3.63, 3.8) is 0 Å². The number of nitrogens with two attached hydrogens (primary N) is 1. The van der Waals surface area contributed by atoms with Crippen molar-refractivity contribution in [2.24, 2.45) is 17.1 Å². The number of nitrogens with zero attached hydrogens (tertiary/aromatic N) is 2. The molecule has 0 aromatic heterocycles. The minimum atomic E-state index is -0.748. The number of piperazine rings is 1. The fourth-order valence-electron chi connectivity index (χ4n) is 4.65. The van der Waals surface area contributed by atoms with Crippen molar-refractivity contribution in [3.8, 4) is 0 Å². The summed E-state index contributed by atoms with van der Waals surface area (Å²) in [5, 5.41) is 0. The van der Waals surface area contributed by atoms with Crippen LogP contribution in [0.3, 0.4) is 0 Å². The maximum atomic E-state index is 13.2. The summed E-state index contributed by atoms with van der Waals surface area (Å²) in [6.45, 7) is 9.63. The van der Waals surface area contributed by atoms with E-state index in [1.807, 2.05) is 4.90 Å². The number of likely N-dealkylation sites (N-methyl/N-ethyl adjacent to an activating group) is 1. The average Bonchev–Trinajstić information content (AvgIpc) is 2.94. The van der Waals surface area contributed by atoms with Crippen LogP contribution in [0, 0.1) is 11.3 Å². The van der Waals surface area contributed by atoms with Gasteiger partial charge in [-0.05, 0) is 19.9 Å². The largest absolute Gasteiger partial charge is 0.377 e. The zero-order chi connectivity index (χ0) is 15.4. The molecule has 3 aliphatic rings. The van der Waals surface area contributed by atoms with Crippen LogP contribution in [-0.2, 0) is 9.53 Å². The number of amides is 1. The highest BCUT2D eigenvalue weighted by Crippen LogP contribution is 2.58. The first kappa shape index (κ1) is 15.3. The van der Waals surface area contributed by atoms with Gasteiger partial charge in [-0.15, -0.1) is 0 Å². The van der Waals surface area contributed by atoms with Gasteiger partial charge in [0.05, 0.1) is 6.10 Å². The third kappa shape index (κ3) is 1.90. The molecule has 4 unspecified atom stereocenters. The Bertz CT molecular complexity index is 439. The van der Waals surface area contributed by atoms with Crippen LogP contribution in [0.4, 0.5) is 0 Å². The van der Waals surface area contributed by atoms with Gasteiger partial charge in [0, 0.05) is 43.6 Å². The van der Waals surface area contributed by atoms with Gasteiger partial charge in [0.2, 0.25) is 5.91 Å². The Morgan fingerprint density at radius 3 is 2.76 bits per heavy atom. The molecule has 120 valence electrons. The average molecular weight is 295 g/mol. The Hall–Kier alpha value is -0.650. The van der Waals surface area contributed by atoms with E-state index in [1.165, 1.54) is 0 Å². The van der Waals surface area contributed by atoms with Crippen molar-refractivity contribution in [2.75, 3.05) is 33.3 Å². The summed E-state index contributed by atoms with van der Waals surface area (Å²) in [4.78, 5) is 17.5. The standard InChI is InChI=1S/C16H29N3O2/c1-5-11-10-19(8-7-18(11)4)14(20)16(17)12-6-9-21-13(12)15(16,2)3/h11-13H,5-10,17H2,1-4H3. The molecule has 2 heterocycles. The SMILES string of the molecule is CCC1CN(C(=O)C2(N)C3CCOC3C2(C)C)CCN1C. The van der Waals surface area contributed by atoms with Crippen LogP contribution in [0.1, 0.15) is 33.6 Å². The second-order valence-electron chi connectivity index (χ2n) is 7.57.